The van der Waals surface area contributed by atoms with Crippen LogP contribution in [0.25, 0.3) is 28.4 Å². The van der Waals surface area contributed by atoms with Gasteiger partial charge in [0, 0.05) is 36.5 Å². The van der Waals surface area contributed by atoms with Crippen LogP contribution < -0.4 is 15.5 Å². The lowest BCUT2D eigenvalue weighted by molar-refractivity contribution is 0.0500. The Hall–Kier alpha value is -4.08. The van der Waals surface area contributed by atoms with Gasteiger partial charge in [-0.1, -0.05) is 35.4 Å². The summed E-state index contributed by atoms with van der Waals surface area (Å²) in [4.78, 5) is 28.7. The molecule has 0 bridgehead atoms. The molecule has 1 aliphatic heterocycles. The number of nitrogens with zero attached hydrogens (tertiary/aromatic N) is 4. The minimum Gasteiger partial charge on any atom is -0.505 e. The monoisotopic (exact) mass is 620 g/mol. The van der Waals surface area contributed by atoms with E-state index in [9.17, 15) is 9.90 Å². The molecule has 1 aliphatic rings. The summed E-state index contributed by atoms with van der Waals surface area (Å²) in [6, 6.07) is 10.9. The maximum Gasteiger partial charge on any atom is 0.407 e. The number of halogens is 2. The Balaban J connectivity index is 1.39. The molecule has 1 fully saturated rings. The van der Waals surface area contributed by atoms with Gasteiger partial charge in [0.2, 0.25) is 0 Å². The molecule has 5 rings (SSSR count). The summed E-state index contributed by atoms with van der Waals surface area (Å²) in [6.45, 7) is 9.01. The Morgan fingerprint density at radius 1 is 1.12 bits per heavy atom. The lowest BCUT2D eigenvalue weighted by Crippen LogP contribution is -2.49. The number of carbonyl (C=O) groups excluding carboxylic acids is 1. The van der Waals surface area contributed by atoms with Gasteiger partial charge in [-0.25, -0.2) is 14.8 Å². The Labute approximate surface area is 260 Å². The Morgan fingerprint density at radius 2 is 1.88 bits per heavy atom. The number of rotatable bonds is 6. The Kier molecular flexibility index (Phi) is 8.94. The summed E-state index contributed by atoms with van der Waals surface area (Å²) < 4.78 is 5.43. The van der Waals surface area contributed by atoms with Gasteiger partial charge in [-0.3, -0.25) is 4.98 Å². The minimum absolute atomic E-state index is 0.0200. The van der Waals surface area contributed by atoms with Crippen LogP contribution in [0.1, 0.15) is 46.1 Å². The summed E-state index contributed by atoms with van der Waals surface area (Å²) in [5.74, 6) is 0.665. The number of nitrogens with one attached hydrogen (secondary N) is 2. The fourth-order valence-corrected chi connectivity index (χ4v) is 5.45. The van der Waals surface area contributed by atoms with E-state index in [2.05, 4.69) is 20.5 Å². The lowest BCUT2D eigenvalue weighted by atomic mass is 10.1. The number of carbonyl (C=O) groups is 1. The van der Waals surface area contributed by atoms with Crippen LogP contribution in [-0.4, -0.2) is 50.9 Å². The third-order valence-corrected chi connectivity index (χ3v) is 7.46. The van der Waals surface area contributed by atoms with Crippen LogP contribution in [0, 0.1) is 0 Å². The minimum atomic E-state index is -0.542. The standard InChI is InChI=1S/C32H34Cl2N6O3/c1-5-7-19-16-35-26-11-10-25(20-14-23(33)30(41)24(34)15-20)39-29(26)28(19)37-21-9-12-27(36-17-21)40-13-6-8-22(18-40)38-31(42)43-32(2,3)4/h5,7,9-12,14-17,22,41H,6,8,13,18H2,1-4H3,(H,35,37)(H,38,42)/t22-/m0/s1. The molecule has 11 heteroatoms. The molecule has 1 saturated heterocycles. The summed E-state index contributed by atoms with van der Waals surface area (Å²) in [7, 11) is 0. The molecule has 4 heterocycles. The third-order valence-electron chi connectivity index (χ3n) is 6.88. The Bertz CT molecular complexity index is 1650. The van der Waals surface area contributed by atoms with Gasteiger partial charge in [0.05, 0.1) is 38.8 Å². The zero-order valence-electron chi connectivity index (χ0n) is 24.5. The van der Waals surface area contributed by atoms with E-state index in [-0.39, 0.29) is 21.8 Å². The predicted molar refractivity (Wildman–Crippen MR) is 173 cm³/mol. The molecule has 1 amide bonds. The quantitative estimate of drug-likeness (QED) is 0.199. The van der Waals surface area contributed by atoms with E-state index in [0.717, 1.165) is 42.1 Å². The zero-order valence-corrected chi connectivity index (χ0v) is 26.0. The maximum atomic E-state index is 12.3. The molecule has 3 N–H and O–H groups in total. The van der Waals surface area contributed by atoms with Crippen molar-refractivity contribution < 1.29 is 14.6 Å². The molecule has 3 aromatic heterocycles. The number of alkyl carbamates (subject to hydrolysis) is 1. The van der Waals surface area contributed by atoms with Gasteiger partial charge < -0.3 is 25.4 Å². The van der Waals surface area contributed by atoms with Crippen LogP contribution in [-0.2, 0) is 4.74 Å². The molecule has 1 atom stereocenters. The van der Waals surface area contributed by atoms with Crippen molar-refractivity contribution in [3.8, 4) is 17.0 Å². The molecular weight excluding hydrogens is 587 g/mol. The maximum absolute atomic E-state index is 12.3. The van der Waals surface area contributed by atoms with Gasteiger partial charge in [0.15, 0.2) is 5.75 Å². The van der Waals surface area contributed by atoms with E-state index >= 15 is 0 Å². The molecule has 1 aromatic carbocycles. The molecule has 224 valence electrons. The number of anilines is 3. The number of benzene rings is 1. The van der Waals surface area contributed by atoms with E-state index in [1.807, 2.05) is 64.1 Å². The van der Waals surface area contributed by atoms with Crippen molar-refractivity contribution in [1.82, 2.24) is 20.3 Å². The molecule has 43 heavy (non-hydrogen) atoms. The molecule has 0 aliphatic carbocycles. The number of aromatic hydroxyl groups is 1. The number of phenolic OH excluding ortho intramolecular Hbond substituents is 1. The second-order valence-corrected chi connectivity index (χ2v) is 12.2. The SMILES string of the molecule is CC=Cc1cnc2ccc(-c3cc(Cl)c(O)c(Cl)c3)nc2c1Nc1ccc(N2CCC[C@H](NC(=O)OC(C)(C)C)C2)nc1. The highest BCUT2D eigenvalue weighted by Gasteiger charge is 2.25. The molecule has 9 nitrogen and oxygen atoms in total. The van der Waals surface area contributed by atoms with Crippen molar-refractivity contribution in [2.45, 2.75) is 52.2 Å². The van der Waals surface area contributed by atoms with Gasteiger partial charge in [-0.15, -0.1) is 0 Å². The van der Waals surface area contributed by atoms with E-state index < -0.39 is 11.7 Å². The largest absolute Gasteiger partial charge is 0.505 e. The number of piperidine rings is 1. The number of hydrogen-bond donors (Lipinski definition) is 3. The molecule has 0 spiro atoms. The first-order chi connectivity index (χ1) is 20.5. The van der Waals surface area contributed by atoms with Gasteiger partial charge in [0.1, 0.15) is 16.9 Å². The topological polar surface area (TPSA) is 112 Å². The van der Waals surface area contributed by atoms with E-state index in [1.165, 1.54) is 0 Å². The lowest BCUT2D eigenvalue weighted by Gasteiger charge is -2.34. The van der Waals surface area contributed by atoms with Gasteiger partial charge >= 0.3 is 6.09 Å². The summed E-state index contributed by atoms with van der Waals surface area (Å²) in [5.41, 5.74) is 4.54. The summed E-state index contributed by atoms with van der Waals surface area (Å²) >= 11 is 12.4. The number of aromatic nitrogens is 3. The number of ether oxygens (including phenoxy) is 1. The van der Waals surface area contributed by atoms with Crippen molar-refractivity contribution >= 4 is 63.6 Å². The highest BCUT2D eigenvalue weighted by Crippen LogP contribution is 2.37. The molecule has 0 unspecified atom stereocenters. The second-order valence-electron chi connectivity index (χ2n) is 11.4. The van der Waals surface area contributed by atoms with Crippen molar-refractivity contribution in [3.05, 3.63) is 70.5 Å². The first kappa shape index (κ1) is 30.4. The number of pyridine rings is 3. The first-order valence-corrected chi connectivity index (χ1v) is 14.8. The number of phenols is 1. The van der Waals surface area contributed by atoms with E-state index in [4.69, 9.17) is 37.9 Å². The van der Waals surface area contributed by atoms with Crippen molar-refractivity contribution in [3.63, 3.8) is 0 Å². The highest BCUT2D eigenvalue weighted by molar-refractivity contribution is 6.37. The van der Waals surface area contributed by atoms with E-state index in [1.54, 1.807) is 24.5 Å². The summed E-state index contributed by atoms with van der Waals surface area (Å²) in [5, 5.41) is 16.8. The van der Waals surface area contributed by atoms with Crippen LogP contribution in [0.2, 0.25) is 10.0 Å². The predicted octanol–water partition coefficient (Wildman–Crippen LogP) is 7.97. The van der Waals surface area contributed by atoms with Gasteiger partial charge in [-0.2, -0.15) is 0 Å². The zero-order chi connectivity index (χ0) is 30.7. The highest BCUT2D eigenvalue weighted by atomic mass is 35.5. The number of allylic oxidation sites excluding steroid dienone is 1. The van der Waals surface area contributed by atoms with Crippen LogP contribution in [0.5, 0.6) is 5.75 Å². The first-order valence-electron chi connectivity index (χ1n) is 14.1. The number of amides is 1. The Morgan fingerprint density at radius 3 is 2.56 bits per heavy atom. The van der Waals surface area contributed by atoms with Gasteiger partial charge in [0.25, 0.3) is 0 Å². The number of hydrogen-bond acceptors (Lipinski definition) is 8. The molecular formula is C32H34Cl2N6O3. The van der Waals surface area contributed by atoms with Crippen molar-refractivity contribution in [1.29, 1.82) is 0 Å². The normalized spacial score (nSPS) is 15.6. The second kappa shape index (κ2) is 12.7. The van der Waals surface area contributed by atoms with Crippen LogP contribution in [0.3, 0.4) is 0 Å². The van der Waals surface area contributed by atoms with Crippen LogP contribution >= 0.6 is 23.2 Å². The van der Waals surface area contributed by atoms with Crippen LogP contribution in [0.4, 0.5) is 22.0 Å². The third kappa shape index (κ3) is 7.29. The summed E-state index contributed by atoms with van der Waals surface area (Å²) in [6.07, 6.45) is 8.91. The fraction of sp³-hybridized carbons (Fsp3) is 0.312. The molecule has 0 saturated carbocycles. The number of fused-ring (bicyclic) bond motifs is 1. The average Bonchev–Trinajstić information content (AvgIpc) is 2.96. The molecule has 0 radical (unpaired) electrons. The van der Waals surface area contributed by atoms with Gasteiger partial charge in [-0.05, 0) is 76.9 Å². The van der Waals surface area contributed by atoms with Crippen molar-refractivity contribution in [2.75, 3.05) is 23.3 Å². The average molecular weight is 622 g/mol. The fourth-order valence-electron chi connectivity index (χ4n) is 4.96. The van der Waals surface area contributed by atoms with Crippen LogP contribution in [0.15, 0.2) is 54.9 Å². The van der Waals surface area contributed by atoms with Crippen molar-refractivity contribution in [2.24, 2.45) is 0 Å². The van der Waals surface area contributed by atoms with E-state index in [0.29, 0.717) is 28.8 Å². The smallest absolute Gasteiger partial charge is 0.407 e. The molecule has 4 aromatic rings.